The van der Waals surface area contributed by atoms with Crippen molar-refractivity contribution in [3.63, 3.8) is 0 Å². The molecule has 3 heterocycles. The third-order valence-corrected chi connectivity index (χ3v) is 13.7. The van der Waals surface area contributed by atoms with E-state index in [9.17, 15) is 0 Å². The smallest absolute Gasteiger partial charge is 0.187 e. The Kier molecular flexibility index (Phi) is 19.5. The summed E-state index contributed by atoms with van der Waals surface area (Å²) < 4.78 is 71.0. The lowest BCUT2D eigenvalue weighted by Gasteiger charge is -2.50. The molecule has 2 saturated heterocycles. The molecule has 7 aromatic carbocycles. The summed E-state index contributed by atoms with van der Waals surface area (Å²) in [5, 5.41) is 0. The predicted octanol–water partition coefficient (Wildman–Crippen LogP) is 11.9. The number of nitrogens with one attached hydrogen (secondary N) is 1. The number of ether oxygens (including phenoxy) is 10. The van der Waals surface area contributed by atoms with Gasteiger partial charge < -0.3 is 52.4 Å². The zero-order chi connectivity index (χ0) is 51.4. The summed E-state index contributed by atoms with van der Waals surface area (Å²) in [6.45, 7) is 2.36. The highest BCUT2D eigenvalue weighted by molar-refractivity contribution is 5.20. The van der Waals surface area contributed by atoms with E-state index in [2.05, 4.69) is 53.5 Å². The Labute approximate surface area is 446 Å². The maximum absolute atomic E-state index is 7.63. The zero-order valence-corrected chi connectivity index (χ0v) is 42.7. The van der Waals surface area contributed by atoms with Crippen molar-refractivity contribution in [1.82, 2.24) is 4.98 Å². The van der Waals surface area contributed by atoms with Crippen LogP contribution in [0.5, 0.6) is 0 Å². The van der Waals surface area contributed by atoms with Gasteiger partial charge in [-0.2, -0.15) is 0 Å². The van der Waals surface area contributed by atoms with Crippen LogP contribution in [0.4, 0.5) is 0 Å². The fourth-order valence-electron chi connectivity index (χ4n) is 9.77. The summed E-state index contributed by atoms with van der Waals surface area (Å²) in [6.07, 6.45) is -5.80. The molecular formula is C65H67NO10. The fourth-order valence-corrected chi connectivity index (χ4v) is 9.77. The SMILES string of the molecule is c1ccc(COC[C@H]2O[C@@H](c3ccc[nH]3)[C@H](OCc3ccccc3)[C@@H](OCc3ccccc3)[C@@H]2O[C@H]2O[C@H](COCc3ccccc3)[C@@H](OCc3ccccc3)[C@H](OCc3ccccc3)[C@H]2OCc2ccccc2)cc1. The average molecular weight is 1020 g/mol. The molecule has 0 radical (unpaired) electrons. The third kappa shape index (κ3) is 14.9. The Bertz CT molecular complexity index is 2820. The molecule has 0 amide bonds. The van der Waals surface area contributed by atoms with Crippen molar-refractivity contribution in [3.05, 3.63) is 275 Å². The van der Waals surface area contributed by atoms with E-state index >= 15 is 0 Å². The zero-order valence-electron chi connectivity index (χ0n) is 42.7. The molecule has 11 heteroatoms. The van der Waals surface area contributed by atoms with Crippen LogP contribution in [0.25, 0.3) is 0 Å². The van der Waals surface area contributed by atoms with Crippen molar-refractivity contribution in [2.24, 2.45) is 0 Å². The largest absolute Gasteiger partial charge is 0.374 e. The molecule has 11 nitrogen and oxygen atoms in total. The van der Waals surface area contributed by atoms with Crippen LogP contribution in [0.15, 0.2) is 231 Å². The van der Waals surface area contributed by atoms with Gasteiger partial charge in [0.2, 0.25) is 0 Å². The summed E-state index contributed by atoms with van der Waals surface area (Å²) in [4.78, 5) is 3.44. The van der Waals surface area contributed by atoms with Crippen molar-refractivity contribution in [1.29, 1.82) is 0 Å². The number of rotatable bonds is 26. The molecule has 8 aromatic rings. The van der Waals surface area contributed by atoms with Gasteiger partial charge in [0, 0.05) is 11.9 Å². The molecule has 1 N–H and O–H groups in total. The van der Waals surface area contributed by atoms with Crippen molar-refractivity contribution < 1.29 is 47.4 Å². The molecule has 10 rings (SSSR count). The lowest BCUT2D eigenvalue weighted by molar-refractivity contribution is -0.364. The second-order valence-corrected chi connectivity index (χ2v) is 19.2. The molecule has 0 aliphatic carbocycles. The minimum Gasteiger partial charge on any atom is -0.374 e. The molecule has 76 heavy (non-hydrogen) atoms. The maximum atomic E-state index is 7.63. The number of hydrogen-bond acceptors (Lipinski definition) is 10. The molecular weight excluding hydrogens is 955 g/mol. The van der Waals surface area contributed by atoms with Crippen LogP contribution in [-0.2, 0) is 93.6 Å². The average Bonchev–Trinajstić information content (AvgIpc) is 4.03. The van der Waals surface area contributed by atoms with Gasteiger partial charge in [0.25, 0.3) is 0 Å². The number of hydrogen-bond donors (Lipinski definition) is 1. The summed E-state index contributed by atoms with van der Waals surface area (Å²) >= 11 is 0. The predicted molar refractivity (Wildman–Crippen MR) is 289 cm³/mol. The highest BCUT2D eigenvalue weighted by Crippen LogP contribution is 2.40. The molecule has 1 aromatic heterocycles. The molecule has 0 saturated carbocycles. The van der Waals surface area contributed by atoms with Crippen LogP contribution in [0.3, 0.4) is 0 Å². The quantitative estimate of drug-likeness (QED) is 0.0563. The number of aromatic nitrogens is 1. The van der Waals surface area contributed by atoms with E-state index in [1.54, 1.807) is 0 Å². The third-order valence-electron chi connectivity index (χ3n) is 13.7. The first kappa shape index (κ1) is 52.8. The molecule has 0 spiro atoms. The molecule has 2 aliphatic rings. The van der Waals surface area contributed by atoms with Gasteiger partial charge in [-0.15, -0.1) is 0 Å². The van der Waals surface area contributed by atoms with E-state index in [4.69, 9.17) is 47.4 Å². The monoisotopic (exact) mass is 1020 g/mol. The topological polar surface area (TPSA) is 108 Å². The van der Waals surface area contributed by atoms with Crippen LogP contribution in [0.1, 0.15) is 50.7 Å². The lowest BCUT2D eigenvalue weighted by Crippen LogP contribution is -2.65. The van der Waals surface area contributed by atoms with Crippen molar-refractivity contribution in [3.8, 4) is 0 Å². The van der Waals surface area contributed by atoms with Crippen LogP contribution < -0.4 is 0 Å². The molecule has 0 unspecified atom stereocenters. The van der Waals surface area contributed by atoms with Gasteiger partial charge in [0.05, 0.1) is 59.5 Å². The van der Waals surface area contributed by atoms with Crippen LogP contribution in [0, 0.1) is 0 Å². The Morgan fingerprint density at radius 1 is 0.303 bits per heavy atom. The van der Waals surface area contributed by atoms with Gasteiger partial charge in [0.1, 0.15) is 54.9 Å². The van der Waals surface area contributed by atoms with Crippen LogP contribution in [0.2, 0.25) is 0 Å². The van der Waals surface area contributed by atoms with Gasteiger partial charge in [-0.1, -0.05) is 212 Å². The number of H-pyrrole nitrogens is 1. The standard InChI is InChI=1S/C65H67NO10/c1-8-23-48(24-9-1)39-67-46-56-59(69-41-50-27-12-3-13-28-50)62(71-43-52-31-16-5-17-32-52)64(73-45-54-35-20-7-21-36-54)65(75-56)76-60-57(47-68-40-49-25-10-2-11-26-49)74-58(55-37-22-38-66-55)61(70-42-51-29-14-4-15-30-51)63(60)72-44-53-33-18-6-19-34-53/h1-38,56-66H,39-47H2/t56-,57-,58+,59-,60-,61+,62+,63+,64-,65-/m1/s1. The van der Waals surface area contributed by atoms with E-state index in [1.165, 1.54) is 0 Å². The minimum absolute atomic E-state index is 0.149. The molecule has 392 valence electrons. The summed E-state index contributed by atoms with van der Waals surface area (Å²) in [5.74, 6) is 0. The summed E-state index contributed by atoms with van der Waals surface area (Å²) in [6, 6.07) is 74.8. The first-order valence-corrected chi connectivity index (χ1v) is 26.3. The Morgan fingerprint density at radius 3 is 1.01 bits per heavy atom. The van der Waals surface area contributed by atoms with Crippen molar-refractivity contribution in [2.75, 3.05) is 13.2 Å². The van der Waals surface area contributed by atoms with Crippen molar-refractivity contribution in [2.45, 2.75) is 107 Å². The van der Waals surface area contributed by atoms with Crippen LogP contribution in [-0.4, -0.2) is 73.3 Å². The van der Waals surface area contributed by atoms with Crippen molar-refractivity contribution >= 4 is 0 Å². The highest BCUT2D eigenvalue weighted by atomic mass is 16.7. The molecule has 10 atom stereocenters. The normalized spacial score (nSPS) is 23.5. The first-order chi connectivity index (χ1) is 37.7. The molecule has 2 aliphatic heterocycles. The summed E-state index contributed by atoms with van der Waals surface area (Å²) in [7, 11) is 0. The second kappa shape index (κ2) is 28.0. The Hall–Kier alpha value is -6.58. The maximum Gasteiger partial charge on any atom is 0.187 e. The fraction of sp³-hybridized carbons (Fsp3) is 0.292. The van der Waals surface area contributed by atoms with E-state index in [0.717, 1.165) is 44.6 Å². The lowest BCUT2D eigenvalue weighted by atomic mass is 9.92. The molecule has 2 fully saturated rings. The van der Waals surface area contributed by atoms with Gasteiger partial charge in [0.15, 0.2) is 6.29 Å². The Balaban J connectivity index is 1.06. The van der Waals surface area contributed by atoms with Crippen LogP contribution >= 0.6 is 0 Å². The highest BCUT2D eigenvalue weighted by Gasteiger charge is 2.55. The van der Waals surface area contributed by atoms with E-state index in [0.29, 0.717) is 26.4 Å². The van der Waals surface area contributed by atoms with E-state index in [-0.39, 0.29) is 33.0 Å². The van der Waals surface area contributed by atoms with Gasteiger partial charge >= 0.3 is 0 Å². The van der Waals surface area contributed by atoms with E-state index in [1.807, 2.05) is 182 Å². The summed E-state index contributed by atoms with van der Waals surface area (Å²) in [5.41, 5.74) is 7.85. The van der Waals surface area contributed by atoms with Gasteiger partial charge in [-0.25, -0.2) is 0 Å². The van der Waals surface area contributed by atoms with Gasteiger partial charge in [-0.3, -0.25) is 0 Å². The minimum atomic E-state index is -1.09. The van der Waals surface area contributed by atoms with Gasteiger partial charge in [-0.05, 0) is 51.1 Å². The number of aromatic amines is 1. The Morgan fingerprint density at radius 2 is 0.632 bits per heavy atom. The second-order valence-electron chi connectivity index (χ2n) is 19.2. The van der Waals surface area contributed by atoms with E-state index < -0.39 is 61.2 Å². The molecule has 0 bridgehead atoms. The first-order valence-electron chi connectivity index (χ1n) is 26.3. The number of benzene rings is 7.